The molecule has 0 N–H and O–H groups in total. The highest BCUT2D eigenvalue weighted by atomic mass is 19.1. The third kappa shape index (κ3) is 4.24. The molecule has 1 aliphatic heterocycles. The molecule has 1 aliphatic rings. The van der Waals surface area contributed by atoms with E-state index >= 15 is 0 Å². The van der Waals surface area contributed by atoms with Crippen LogP contribution >= 0.6 is 0 Å². The van der Waals surface area contributed by atoms with E-state index in [0.29, 0.717) is 23.6 Å². The van der Waals surface area contributed by atoms with Crippen LogP contribution in [0.5, 0.6) is 5.75 Å². The summed E-state index contributed by atoms with van der Waals surface area (Å²) in [6, 6.07) is 11.9. The van der Waals surface area contributed by atoms with Crippen molar-refractivity contribution >= 4 is 11.6 Å². The molecule has 5 nitrogen and oxygen atoms in total. The van der Waals surface area contributed by atoms with Gasteiger partial charge in [0.15, 0.2) is 0 Å². The van der Waals surface area contributed by atoms with E-state index in [9.17, 15) is 13.6 Å². The molecule has 0 aliphatic carbocycles. The summed E-state index contributed by atoms with van der Waals surface area (Å²) in [6.45, 7) is 2.18. The number of ether oxygens (including phenoxy) is 1. The van der Waals surface area contributed by atoms with E-state index in [-0.39, 0.29) is 24.8 Å². The Hall–Kier alpha value is -2.96. The zero-order valence-corrected chi connectivity index (χ0v) is 15.1. The van der Waals surface area contributed by atoms with Crippen molar-refractivity contribution in [1.29, 1.82) is 0 Å². The molecule has 2 aromatic carbocycles. The second kappa shape index (κ2) is 7.73. The summed E-state index contributed by atoms with van der Waals surface area (Å²) < 4.78 is 32.3. The van der Waals surface area contributed by atoms with Crippen LogP contribution in [0.4, 0.5) is 8.78 Å². The molecule has 3 rings (SSSR count). The summed E-state index contributed by atoms with van der Waals surface area (Å²) in [5.41, 5.74) is -0.460. The van der Waals surface area contributed by atoms with Gasteiger partial charge in [0.1, 0.15) is 24.0 Å². The van der Waals surface area contributed by atoms with Gasteiger partial charge in [0, 0.05) is 19.0 Å². The molecule has 27 heavy (non-hydrogen) atoms. The summed E-state index contributed by atoms with van der Waals surface area (Å²) in [4.78, 5) is 19.6. The number of amides is 1. The van der Waals surface area contributed by atoms with E-state index in [4.69, 9.17) is 9.57 Å². The van der Waals surface area contributed by atoms with Crippen molar-refractivity contribution in [2.75, 3.05) is 20.2 Å². The van der Waals surface area contributed by atoms with Crippen molar-refractivity contribution in [3.8, 4) is 5.75 Å². The van der Waals surface area contributed by atoms with Gasteiger partial charge in [-0.05, 0) is 37.3 Å². The number of hydrogen-bond donors (Lipinski definition) is 0. The Morgan fingerprint density at radius 3 is 2.63 bits per heavy atom. The standard InChI is InChI=1S/C20H20F2N2O3/c1-20(13-18(23-27-20)16-5-3-4-6-17(16)22)19(25)24(2)11-12-26-15-9-7-14(21)8-10-15/h3-10H,11-13H2,1-2H3. The summed E-state index contributed by atoms with van der Waals surface area (Å²) in [7, 11) is 1.63. The van der Waals surface area contributed by atoms with Gasteiger partial charge in [-0.15, -0.1) is 0 Å². The highest BCUT2D eigenvalue weighted by molar-refractivity contribution is 6.05. The highest BCUT2D eigenvalue weighted by Crippen LogP contribution is 2.29. The van der Waals surface area contributed by atoms with Crippen LogP contribution in [0.2, 0.25) is 0 Å². The van der Waals surface area contributed by atoms with Gasteiger partial charge in [-0.25, -0.2) is 8.78 Å². The molecule has 1 atom stereocenters. The number of likely N-dealkylation sites (N-methyl/N-ethyl adjacent to an activating group) is 1. The fourth-order valence-corrected chi connectivity index (χ4v) is 2.83. The Labute approximate surface area is 156 Å². The van der Waals surface area contributed by atoms with Crippen LogP contribution in [-0.4, -0.2) is 42.3 Å². The van der Waals surface area contributed by atoms with Gasteiger partial charge in [0.05, 0.1) is 12.3 Å². The van der Waals surface area contributed by atoms with Gasteiger partial charge >= 0.3 is 0 Å². The van der Waals surface area contributed by atoms with E-state index in [1.54, 1.807) is 32.2 Å². The summed E-state index contributed by atoms with van der Waals surface area (Å²) >= 11 is 0. The highest BCUT2D eigenvalue weighted by Gasteiger charge is 2.44. The average Bonchev–Trinajstić information content (AvgIpc) is 3.06. The first-order chi connectivity index (χ1) is 12.9. The maximum atomic E-state index is 13.9. The quantitative estimate of drug-likeness (QED) is 0.779. The second-order valence-electron chi connectivity index (χ2n) is 6.55. The van der Waals surface area contributed by atoms with Crippen molar-refractivity contribution < 1.29 is 23.1 Å². The fraction of sp³-hybridized carbons (Fsp3) is 0.300. The van der Waals surface area contributed by atoms with Crippen molar-refractivity contribution in [3.05, 3.63) is 65.7 Å². The van der Waals surface area contributed by atoms with Gasteiger partial charge in [0.2, 0.25) is 5.60 Å². The molecular formula is C20H20F2N2O3. The van der Waals surface area contributed by atoms with Crippen LogP contribution in [0.1, 0.15) is 18.9 Å². The largest absolute Gasteiger partial charge is 0.492 e. The fourth-order valence-electron chi connectivity index (χ4n) is 2.83. The Bertz CT molecular complexity index is 855. The Morgan fingerprint density at radius 2 is 1.93 bits per heavy atom. The molecule has 1 amide bonds. The molecule has 1 heterocycles. The van der Waals surface area contributed by atoms with Crippen LogP contribution in [-0.2, 0) is 9.63 Å². The maximum absolute atomic E-state index is 13.9. The first-order valence-electron chi connectivity index (χ1n) is 8.53. The Balaban J connectivity index is 1.55. The summed E-state index contributed by atoms with van der Waals surface area (Å²) in [5.74, 6) is -0.504. The number of oxime groups is 1. The van der Waals surface area contributed by atoms with Gasteiger partial charge in [0.25, 0.3) is 5.91 Å². The maximum Gasteiger partial charge on any atom is 0.269 e. The lowest BCUT2D eigenvalue weighted by Gasteiger charge is -2.27. The smallest absolute Gasteiger partial charge is 0.269 e. The van der Waals surface area contributed by atoms with E-state index in [2.05, 4.69) is 5.16 Å². The van der Waals surface area contributed by atoms with Gasteiger partial charge < -0.3 is 14.5 Å². The third-order valence-corrected chi connectivity index (χ3v) is 4.36. The lowest BCUT2D eigenvalue weighted by atomic mass is 9.94. The minimum absolute atomic E-state index is 0.177. The predicted octanol–water partition coefficient (Wildman–Crippen LogP) is 3.39. The number of nitrogens with zero attached hydrogens (tertiary/aromatic N) is 2. The third-order valence-electron chi connectivity index (χ3n) is 4.36. The van der Waals surface area contributed by atoms with Crippen LogP contribution in [0.25, 0.3) is 0 Å². The second-order valence-corrected chi connectivity index (χ2v) is 6.55. The molecule has 0 saturated carbocycles. The predicted molar refractivity (Wildman–Crippen MR) is 96.6 cm³/mol. The number of rotatable bonds is 6. The normalized spacial score (nSPS) is 18.6. The molecule has 142 valence electrons. The van der Waals surface area contributed by atoms with E-state index < -0.39 is 11.4 Å². The van der Waals surface area contributed by atoms with Crippen molar-refractivity contribution in [3.63, 3.8) is 0 Å². The first-order valence-corrected chi connectivity index (χ1v) is 8.53. The topological polar surface area (TPSA) is 51.1 Å². The van der Waals surface area contributed by atoms with E-state index in [1.807, 2.05) is 0 Å². The minimum atomic E-state index is -1.19. The molecule has 0 saturated heterocycles. The lowest BCUT2D eigenvalue weighted by Crippen LogP contribution is -2.46. The molecule has 1 unspecified atom stereocenters. The van der Waals surface area contributed by atoms with Gasteiger partial charge in [-0.3, -0.25) is 4.79 Å². The van der Waals surface area contributed by atoms with Crippen molar-refractivity contribution in [1.82, 2.24) is 4.90 Å². The van der Waals surface area contributed by atoms with Crippen LogP contribution in [0.15, 0.2) is 53.7 Å². The zero-order valence-electron chi connectivity index (χ0n) is 15.1. The first kappa shape index (κ1) is 18.8. The van der Waals surface area contributed by atoms with Crippen LogP contribution in [0, 0.1) is 11.6 Å². The zero-order chi connectivity index (χ0) is 19.4. The average molecular weight is 374 g/mol. The monoisotopic (exact) mass is 374 g/mol. The number of carbonyl (C=O) groups excluding carboxylic acids is 1. The number of benzene rings is 2. The molecule has 7 heteroatoms. The molecule has 0 aromatic heterocycles. The Morgan fingerprint density at radius 1 is 1.22 bits per heavy atom. The number of hydrogen-bond acceptors (Lipinski definition) is 4. The van der Waals surface area contributed by atoms with E-state index in [1.165, 1.54) is 35.2 Å². The van der Waals surface area contributed by atoms with Gasteiger partial charge in [-0.2, -0.15) is 0 Å². The SMILES string of the molecule is CN(CCOc1ccc(F)cc1)C(=O)C1(C)CC(c2ccccc2F)=NO1. The molecule has 0 fully saturated rings. The van der Waals surface area contributed by atoms with Crippen molar-refractivity contribution in [2.24, 2.45) is 5.16 Å². The molecule has 2 aromatic rings. The minimum Gasteiger partial charge on any atom is -0.492 e. The number of halogens is 2. The number of carbonyl (C=O) groups is 1. The lowest BCUT2D eigenvalue weighted by molar-refractivity contribution is -0.152. The van der Waals surface area contributed by atoms with Crippen LogP contribution in [0.3, 0.4) is 0 Å². The van der Waals surface area contributed by atoms with Gasteiger partial charge in [-0.1, -0.05) is 23.4 Å². The molecule has 0 spiro atoms. The molecule has 0 radical (unpaired) electrons. The van der Waals surface area contributed by atoms with Crippen molar-refractivity contribution in [2.45, 2.75) is 18.9 Å². The Kier molecular flexibility index (Phi) is 5.39. The molecule has 0 bridgehead atoms. The summed E-state index contributed by atoms with van der Waals surface area (Å²) in [5, 5.41) is 3.92. The molecular weight excluding hydrogens is 354 g/mol. The summed E-state index contributed by atoms with van der Waals surface area (Å²) in [6.07, 6.45) is 0.177. The van der Waals surface area contributed by atoms with Crippen LogP contribution < -0.4 is 4.74 Å². The van der Waals surface area contributed by atoms with E-state index in [0.717, 1.165) is 0 Å².